The van der Waals surface area contributed by atoms with Crippen LogP contribution >= 0.6 is 11.6 Å². The zero-order valence-electron chi connectivity index (χ0n) is 10.9. The van der Waals surface area contributed by atoms with Crippen molar-refractivity contribution < 1.29 is 8.42 Å². The topological polar surface area (TPSA) is 87.2 Å². The third kappa shape index (κ3) is 2.96. The van der Waals surface area contributed by atoms with Crippen molar-refractivity contribution in [2.24, 2.45) is 11.7 Å². The lowest BCUT2D eigenvalue weighted by atomic mass is 10.0. The van der Waals surface area contributed by atoms with Crippen molar-refractivity contribution >= 4 is 21.6 Å². The lowest BCUT2D eigenvalue weighted by Gasteiger charge is -2.31. The van der Waals surface area contributed by atoms with E-state index in [4.69, 9.17) is 22.6 Å². The maximum absolute atomic E-state index is 12.7. The van der Waals surface area contributed by atoms with Crippen LogP contribution in [0.3, 0.4) is 0 Å². The molecule has 1 aliphatic rings. The quantitative estimate of drug-likeness (QED) is 0.917. The Balaban J connectivity index is 2.40. The summed E-state index contributed by atoms with van der Waals surface area (Å²) in [4.78, 5) is -0.0230. The summed E-state index contributed by atoms with van der Waals surface area (Å²) in [5.41, 5.74) is 5.75. The fourth-order valence-electron chi connectivity index (χ4n) is 2.38. The van der Waals surface area contributed by atoms with Gasteiger partial charge in [-0.15, -0.1) is 0 Å². The van der Waals surface area contributed by atoms with Crippen molar-refractivity contribution in [3.05, 3.63) is 28.8 Å². The molecule has 7 heteroatoms. The zero-order valence-corrected chi connectivity index (χ0v) is 12.5. The second-order valence-corrected chi connectivity index (χ2v) is 7.20. The molecule has 1 aromatic rings. The third-order valence-electron chi connectivity index (χ3n) is 3.50. The lowest BCUT2D eigenvalue weighted by molar-refractivity contribution is 0.271. The first-order valence-electron chi connectivity index (χ1n) is 6.39. The second kappa shape index (κ2) is 6.10. The smallest absolute Gasteiger partial charge is 0.244 e. The van der Waals surface area contributed by atoms with Crippen molar-refractivity contribution in [3.63, 3.8) is 0 Å². The van der Waals surface area contributed by atoms with E-state index in [-0.39, 0.29) is 16.4 Å². The van der Waals surface area contributed by atoms with Gasteiger partial charge in [0.15, 0.2) is 0 Å². The third-order valence-corrected chi connectivity index (χ3v) is 5.64. The summed E-state index contributed by atoms with van der Waals surface area (Å²) in [5.74, 6) is 0.170. The molecular formula is C13H16ClN3O2S. The Morgan fingerprint density at radius 2 is 2.25 bits per heavy atom. The Hall–Kier alpha value is -1.13. The molecule has 1 heterocycles. The summed E-state index contributed by atoms with van der Waals surface area (Å²) in [7, 11) is -3.70. The summed E-state index contributed by atoms with van der Waals surface area (Å²) < 4.78 is 26.7. The zero-order chi connectivity index (χ0) is 14.8. The van der Waals surface area contributed by atoms with Crippen molar-refractivity contribution in [3.8, 4) is 6.07 Å². The molecule has 1 fully saturated rings. The minimum Gasteiger partial charge on any atom is -0.330 e. The van der Waals surface area contributed by atoms with Crippen LogP contribution in [0.1, 0.15) is 18.4 Å². The standard InChI is InChI=1S/C13H16ClN3O2S/c14-12-4-3-11(8-16)13(6-12)20(18,19)17-5-1-2-10(7-15)9-17/h3-4,6,10H,1-2,5,7,9,15H2. The SMILES string of the molecule is N#Cc1ccc(Cl)cc1S(=O)(=O)N1CCCC(CN)C1. The van der Waals surface area contributed by atoms with Crippen LogP contribution in [0.4, 0.5) is 0 Å². The Morgan fingerprint density at radius 3 is 2.90 bits per heavy atom. The predicted molar refractivity (Wildman–Crippen MR) is 76.7 cm³/mol. The van der Waals surface area contributed by atoms with Gasteiger partial charge in [-0.2, -0.15) is 9.57 Å². The highest BCUT2D eigenvalue weighted by Gasteiger charge is 2.31. The van der Waals surface area contributed by atoms with Crippen molar-refractivity contribution in [1.82, 2.24) is 4.31 Å². The first kappa shape index (κ1) is 15.3. The molecule has 0 bridgehead atoms. The van der Waals surface area contributed by atoms with Crippen molar-refractivity contribution in [2.75, 3.05) is 19.6 Å². The van der Waals surface area contributed by atoms with E-state index in [1.807, 2.05) is 6.07 Å². The first-order valence-corrected chi connectivity index (χ1v) is 8.20. The van der Waals surface area contributed by atoms with Crippen LogP contribution < -0.4 is 5.73 Å². The van der Waals surface area contributed by atoms with Crippen LogP contribution in [0.2, 0.25) is 5.02 Å². The Kier molecular flexibility index (Phi) is 4.66. The Morgan fingerprint density at radius 1 is 1.50 bits per heavy atom. The molecule has 1 atom stereocenters. The molecule has 5 nitrogen and oxygen atoms in total. The molecule has 1 unspecified atom stereocenters. The number of benzene rings is 1. The average Bonchev–Trinajstić information content (AvgIpc) is 2.47. The van der Waals surface area contributed by atoms with Gasteiger partial charge in [-0.1, -0.05) is 11.6 Å². The number of nitrogens with zero attached hydrogens (tertiary/aromatic N) is 2. The number of hydrogen-bond acceptors (Lipinski definition) is 4. The highest BCUT2D eigenvalue weighted by molar-refractivity contribution is 7.89. The van der Waals surface area contributed by atoms with Gasteiger partial charge in [0.25, 0.3) is 0 Å². The van der Waals surface area contributed by atoms with Crippen LogP contribution in [0, 0.1) is 17.2 Å². The van der Waals surface area contributed by atoms with Gasteiger partial charge < -0.3 is 5.73 Å². The van der Waals surface area contributed by atoms with Crippen LogP contribution in [0.25, 0.3) is 0 Å². The molecule has 0 spiro atoms. The monoisotopic (exact) mass is 313 g/mol. The Labute approximate surface area is 124 Å². The van der Waals surface area contributed by atoms with Crippen LogP contribution in [0.5, 0.6) is 0 Å². The number of nitrogens with two attached hydrogens (primary N) is 1. The van der Waals surface area contributed by atoms with E-state index in [0.29, 0.717) is 24.7 Å². The molecule has 20 heavy (non-hydrogen) atoms. The molecule has 2 N–H and O–H groups in total. The van der Waals surface area contributed by atoms with Gasteiger partial charge in [0.1, 0.15) is 11.0 Å². The fourth-order valence-corrected chi connectivity index (χ4v) is 4.34. The molecule has 2 rings (SSSR count). The minimum atomic E-state index is -3.70. The second-order valence-electron chi connectivity index (χ2n) is 4.86. The minimum absolute atomic E-state index is 0.0230. The largest absolute Gasteiger partial charge is 0.330 e. The van der Waals surface area contributed by atoms with Crippen molar-refractivity contribution in [1.29, 1.82) is 5.26 Å². The Bertz CT molecular complexity index is 640. The van der Waals surface area contributed by atoms with E-state index in [9.17, 15) is 8.42 Å². The molecule has 1 aromatic carbocycles. The molecule has 108 valence electrons. The number of nitriles is 1. The molecule has 1 saturated heterocycles. The van der Waals surface area contributed by atoms with Gasteiger partial charge in [-0.25, -0.2) is 8.42 Å². The summed E-state index contributed by atoms with van der Waals surface area (Å²) in [6.45, 7) is 1.32. The molecule has 1 aliphatic heterocycles. The summed E-state index contributed by atoms with van der Waals surface area (Å²) in [5, 5.41) is 9.37. The van der Waals surface area contributed by atoms with Gasteiger partial charge in [0, 0.05) is 18.1 Å². The number of rotatable bonds is 3. The van der Waals surface area contributed by atoms with E-state index in [1.165, 1.54) is 22.5 Å². The van der Waals surface area contributed by atoms with Crippen molar-refractivity contribution in [2.45, 2.75) is 17.7 Å². The number of hydrogen-bond donors (Lipinski definition) is 1. The van der Waals surface area contributed by atoms with Gasteiger partial charge >= 0.3 is 0 Å². The fraction of sp³-hybridized carbons (Fsp3) is 0.462. The maximum Gasteiger partial charge on any atom is 0.244 e. The number of halogens is 1. The molecular weight excluding hydrogens is 298 g/mol. The molecule has 0 amide bonds. The van der Waals surface area contributed by atoms with E-state index >= 15 is 0 Å². The molecule has 0 aromatic heterocycles. The molecule has 0 radical (unpaired) electrons. The van der Waals surface area contributed by atoms with Gasteiger partial charge in [0.2, 0.25) is 10.0 Å². The highest BCUT2D eigenvalue weighted by atomic mass is 35.5. The van der Waals surface area contributed by atoms with Gasteiger partial charge in [-0.3, -0.25) is 0 Å². The van der Waals surface area contributed by atoms with Gasteiger partial charge in [0.05, 0.1) is 5.56 Å². The van der Waals surface area contributed by atoms with Crippen LogP contribution in [0.15, 0.2) is 23.1 Å². The van der Waals surface area contributed by atoms with E-state index in [1.54, 1.807) is 0 Å². The van der Waals surface area contributed by atoms with Gasteiger partial charge in [-0.05, 0) is 43.5 Å². The summed E-state index contributed by atoms with van der Waals surface area (Å²) in [6.07, 6.45) is 1.72. The molecule has 0 saturated carbocycles. The highest BCUT2D eigenvalue weighted by Crippen LogP contribution is 2.27. The maximum atomic E-state index is 12.7. The number of piperidine rings is 1. The van der Waals surface area contributed by atoms with E-state index in [0.717, 1.165) is 12.8 Å². The van der Waals surface area contributed by atoms with E-state index < -0.39 is 10.0 Å². The normalized spacial score (nSPS) is 20.6. The summed E-state index contributed by atoms with van der Waals surface area (Å²) >= 11 is 5.86. The average molecular weight is 314 g/mol. The lowest BCUT2D eigenvalue weighted by Crippen LogP contribution is -2.42. The number of sulfonamides is 1. The first-order chi connectivity index (χ1) is 9.48. The van der Waals surface area contributed by atoms with Crippen LogP contribution in [-0.4, -0.2) is 32.4 Å². The molecule has 0 aliphatic carbocycles. The predicted octanol–water partition coefficient (Wildman–Crippen LogP) is 1.57. The summed E-state index contributed by atoms with van der Waals surface area (Å²) in [6, 6.07) is 6.18. The van der Waals surface area contributed by atoms with Crippen LogP contribution in [-0.2, 0) is 10.0 Å². The van der Waals surface area contributed by atoms with E-state index in [2.05, 4.69) is 0 Å².